The van der Waals surface area contributed by atoms with E-state index in [1.165, 1.54) is 16.7 Å². The van der Waals surface area contributed by atoms with Crippen LogP contribution in [0, 0.1) is 6.92 Å². The number of nitrogens with zero attached hydrogens (tertiary/aromatic N) is 3. The van der Waals surface area contributed by atoms with E-state index >= 15 is 0 Å². The molecule has 0 unspecified atom stereocenters. The molecule has 0 aliphatic carbocycles. The molecule has 162 valence electrons. The molecule has 0 fully saturated rings. The number of cyclic esters (lactones) is 1. The molecule has 0 bridgehead atoms. The molecule has 0 N–H and O–H groups in total. The van der Waals surface area contributed by atoms with Gasteiger partial charge in [0.25, 0.3) is 0 Å². The number of carbonyl (C=O) groups is 1. The van der Waals surface area contributed by atoms with Crippen molar-refractivity contribution in [3.05, 3.63) is 82.3 Å². The lowest BCUT2D eigenvalue weighted by atomic mass is 9.96. The Bertz CT molecular complexity index is 1270. The van der Waals surface area contributed by atoms with Crippen LogP contribution in [0.5, 0.6) is 0 Å². The van der Waals surface area contributed by atoms with Crippen LogP contribution in [0.15, 0.2) is 43.1 Å². The topological polar surface area (TPSA) is 56.6 Å². The van der Waals surface area contributed by atoms with Gasteiger partial charge in [0.2, 0.25) is 0 Å². The zero-order valence-electron chi connectivity index (χ0n) is 18.2. The van der Waals surface area contributed by atoms with Crippen molar-refractivity contribution in [1.82, 2.24) is 14.5 Å². The van der Waals surface area contributed by atoms with E-state index in [4.69, 9.17) is 14.5 Å². The van der Waals surface area contributed by atoms with Crippen molar-refractivity contribution in [2.45, 2.75) is 39.6 Å². The van der Waals surface area contributed by atoms with E-state index in [9.17, 15) is 4.79 Å². The standard InChI is InChI=1S/C26H25N3O3/c1-16-18(3-6-22-23(16)15-32-26(22)30)7-8-28-9-10-29-12-24(27-25(29)13-28)19-4-5-21-17(2)31-14-20(21)11-19/h3-6,11-12H,2,7-10,13-15H2,1H3. The smallest absolute Gasteiger partial charge is 0.338 e. The highest BCUT2D eigenvalue weighted by atomic mass is 16.5. The molecule has 3 aliphatic rings. The highest BCUT2D eigenvalue weighted by Gasteiger charge is 2.25. The molecule has 6 rings (SSSR count). The molecule has 6 nitrogen and oxygen atoms in total. The Morgan fingerprint density at radius 1 is 1.09 bits per heavy atom. The maximum Gasteiger partial charge on any atom is 0.338 e. The summed E-state index contributed by atoms with van der Waals surface area (Å²) >= 11 is 0. The van der Waals surface area contributed by atoms with E-state index in [-0.39, 0.29) is 5.97 Å². The van der Waals surface area contributed by atoms with E-state index in [2.05, 4.69) is 53.4 Å². The Balaban J connectivity index is 1.16. The molecule has 2 aromatic carbocycles. The fourth-order valence-electron chi connectivity index (χ4n) is 4.97. The van der Waals surface area contributed by atoms with Gasteiger partial charge in [-0.1, -0.05) is 24.8 Å². The molecule has 0 saturated heterocycles. The summed E-state index contributed by atoms with van der Waals surface area (Å²) in [6, 6.07) is 10.4. The summed E-state index contributed by atoms with van der Waals surface area (Å²) in [6.45, 7) is 10.8. The molecule has 3 aromatic rings. The van der Waals surface area contributed by atoms with Crippen LogP contribution in [-0.2, 0) is 42.2 Å². The summed E-state index contributed by atoms with van der Waals surface area (Å²) in [7, 11) is 0. The lowest BCUT2D eigenvalue weighted by Gasteiger charge is -2.27. The first kappa shape index (κ1) is 19.3. The summed E-state index contributed by atoms with van der Waals surface area (Å²) in [5, 5.41) is 0. The quantitative estimate of drug-likeness (QED) is 0.587. The van der Waals surface area contributed by atoms with Gasteiger partial charge < -0.3 is 14.0 Å². The molecule has 6 heteroatoms. The highest BCUT2D eigenvalue weighted by Crippen LogP contribution is 2.32. The molecular formula is C26H25N3O3. The van der Waals surface area contributed by atoms with E-state index < -0.39 is 0 Å². The van der Waals surface area contributed by atoms with Gasteiger partial charge in [-0.15, -0.1) is 0 Å². The number of fused-ring (bicyclic) bond motifs is 3. The van der Waals surface area contributed by atoms with Gasteiger partial charge in [0, 0.05) is 48.1 Å². The first-order valence-electron chi connectivity index (χ1n) is 11.1. The van der Waals surface area contributed by atoms with Crippen molar-refractivity contribution in [2.75, 3.05) is 13.1 Å². The molecule has 0 radical (unpaired) electrons. The van der Waals surface area contributed by atoms with Crippen molar-refractivity contribution in [1.29, 1.82) is 0 Å². The van der Waals surface area contributed by atoms with Crippen LogP contribution >= 0.6 is 0 Å². The number of rotatable bonds is 4. The summed E-state index contributed by atoms with van der Waals surface area (Å²) in [5.74, 6) is 1.66. The van der Waals surface area contributed by atoms with E-state index in [0.717, 1.165) is 72.1 Å². The third kappa shape index (κ3) is 3.14. The summed E-state index contributed by atoms with van der Waals surface area (Å²) in [6.07, 6.45) is 3.12. The Labute approximate surface area is 187 Å². The van der Waals surface area contributed by atoms with Crippen LogP contribution in [0.25, 0.3) is 17.0 Å². The summed E-state index contributed by atoms with van der Waals surface area (Å²) in [4.78, 5) is 19.2. The number of carbonyl (C=O) groups excluding carboxylic acids is 1. The predicted octanol–water partition coefficient (Wildman–Crippen LogP) is 4.09. The van der Waals surface area contributed by atoms with Gasteiger partial charge in [-0.3, -0.25) is 4.90 Å². The third-order valence-electron chi connectivity index (χ3n) is 6.96. The minimum absolute atomic E-state index is 0.200. The molecular weight excluding hydrogens is 402 g/mol. The van der Waals surface area contributed by atoms with Gasteiger partial charge in [0.15, 0.2) is 0 Å². The minimum Gasteiger partial charge on any atom is -0.489 e. The van der Waals surface area contributed by atoms with Crippen molar-refractivity contribution in [3.63, 3.8) is 0 Å². The number of hydrogen-bond donors (Lipinski definition) is 0. The van der Waals surface area contributed by atoms with Crippen LogP contribution in [-0.4, -0.2) is 33.5 Å². The average molecular weight is 428 g/mol. The summed E-state index contributed by atoms with van der Waals surface area (Å²) in [5.41, 5.74) is 8.67. The van der Waals surface area contributed by atoms with Crippen LogP contribution < -0.4 is 0 Å². The second kappa shape index (κ2) is 7.35. The Hall–Kier alpha value is -3.38. The minimum atomic E-state index is -0.200. The fraction of sp³-hybridized carbons (Fsp3) is 0.308. The Kier molecular flexibility index (Phi) is 4.43. The van der Waals surface area contributed by atoms with E-state index in [1.807, 2.05) is 6.07 Å². The SMILES string of the molecule is C=C1OCc2cc(-c3cn4c(n3)CN(CCc3ccc5c(c3C)COC5=O)CC4)ccc21. The average Bonchev–Trinajstić information content (AvgIpc) is 3.50. The predicted molar refractivity (Wildman–Crippen MR) is 121 cm³/mol. The molecule has 32 heavy (non-hydrogen) atoms. The molecule has 0 atom stereocenters. The fourth-order valence-corrected chi connectivity index (χ4v) is 4.97. The van der Waals surface area contributed by atoms with Gasteiger partial charge >= 0.3 is 5.97 Å². The van der Waals surface area contributed by atoms with Gasteiger partial charge in [-0.2, -0.15) is 0 Å². The second-order valence-corrected chi connectivity index (χ2v) is 8.80. The molecule has 4 heterocycles. The number of ether oxygens (including phenoxy) is 2. The first-order chi connectivity index (χ1) is 15.6. The summed E-state index contributed by atoms with van der Waals surface area (Å²) < 4.78 is 13.0. The molecule has 3 aliphatic heterocycles. The van der Waals surface area contributed by atoms with Gasteiger partial charge in [0.05, 0.1) is 17.8 Å². The second-order valence-electron chi connectivity index (χ2n) is 8.80. The van der Waals surface area contributed by atoms with Crippen molar-refractivity contribution in [2.24, 2.45) is 0 Å². The van der Waals surface area contributed by atoms with Crippen LogP contribution in [0.1, 0.15) is 44.0 Å². The van der Waals surface area contributed by atoms with E-state index in [1.54, 1.807) is 0 Å². The van der Waals surface area contributed by atoms with Crippen LogP contribution in [0.4, 0.5) is 0 Å². The molecule has 0 amide bonds. The molecule has 0 saturated carbocycles. The first-order valence-corrected chi connectivity index (χ1v) is 11.1. The number of esters is 1. The number of hydrogen-bond acceptors (Lipinski definition) is 5. The van der Waals surface area contributed by atoms with E-state index in [0.29, 0.717) is 13.2 Å². The van der Waals surface area contributed by atoms with Crippen molar-refractivity contribution >= 4 is 11.7 Å². The van der Waals surface area contributed by atoms with Crippen LogP contribution in [0.2, 0.25) is 0 Å². The maximum absolute atomic E-state index is 11.8. The highest BCUT2D eigenvalue weighted by molar-refractivity contribution is 5.93. The number of imidazole rings is 1. The Morgan fingerprint density at radius 3 is 2.88 bits per heavy atom. The molecule has 0 spiro atoms. The largest absolute Gasteiger partial charge is 0.489 e. The van der Waals surface area contributed by atoms with Crippen LogP contribution in [0.3, 0.4) is 0 Å². The third-order valence-corrected chi connectivity index (χ3v) is 6.96. The zero-order chi connectivity index (χ0) is 21.8. The van der Waals surface area contributed by atoms with Crippen molar-refractivity contribution in [3.8, 4) is 11.3 Å². The van der Waals surface area contributed by atoms with Gasteiger partial charge in [-0.05, 0) is 36.6 Å². The maximum atomic E-state index is 11.8. The van der Waals surface area contributed by atoms with Gasteiger partial charge in [-0.25, -0.2) is 9.78 Å². The monoisotopic (exact) mass is 427 g/mol. The zero-order valence-corrected chi connectivity index (χ0v) is 18.2. The Morgan fingerprint density at radius 2 is 1.97 bits per heavy atom. The lowest BCUT2D eigenvalue weighted by molar-refractivity contribution is 0.0535. The number of benzene rings is 2. The van der Waals surface area contributed by atoms with Gasteiger partial charge in [0.1, 0.15) is 24.8 Å². The number of aromatic nitrogens is 2. The molecule has 1 aromatic heterocycles. The lowest BCUT2D eigenvalue weighted by Crippen LogP contribution is -2.35. The normalized spacial score (nSPS) is 17.0. The van der Waals surface area contributed by atoms with Crippen molar-refractivity contribution < 1.29 is 14.3 Å².